The van der Waals surface area contributed by atoms with Crippen LogP contribution in [0.15, 0.2) is 42.6 Å². The third-order valence-electron chi connectivity index (χ3n) is 2.80. The number of halogens is 1. The molecule has 0 saturated heterocycles. The van der Waals surface area contributed by atoms with Crippen molar-refractivity contribution in [1.82, 2.24) is 4.98 Å². The summed E-state index contributed by atoms with van der Waals surface area (Å²) in [5.74, 6) is -1.16. The molecule has 0 atom stereocenters. The van der Waals surface area contributed by atoms with Gasteiger partial charge in [-0.2, -0.15) is 0 Å². The fourth-order valence-corrected chi connectivity index (χ4v) is 1.82. The number of anilines is 1. The summed E-state index contributed by atoms with van der Waals surface area (Å²) in [6.45, 7) is 0. The zero-order chi connectivity index (χ0) is 15.2. The van der Waals surface area contributed by atoms with E-state index in [1.165, 1.54) is 6.20 Å². The molecule has 21 heavy (non-hydrogen) atoms. The van der Waals surface area contributed by atoms with E-state index in [0.29, 0.717) is 17.1 Å². The number of nitrogens with zero attached hydrogens (tertiary/aromatic N) is 1. The Morgan fingerprint density at radius 2 is 1.86 bits per heavy atom. The highest BCUT2D eigenvalue weighted by Gasteiger charge is 2.07. The van der Waals surface area contributed by atoms with Crippen LogP contribution in [-0.2, 0) is 11.2 Å². The Kier molecular flexibility index (Phi) is 4.90. The van der Waals surface area contributed by atoms with Gasteiger partial charge in [0.15, 0.2) is 0 Å². The van der Waals surface area contributed by atoms with E-state index < -0.39 is 5.97 Å². The molecule has 0 radical (unpaired) electrons. The third kappa shape index (κ3) is 4.57. The molecule has 2 rings (SSSR count). The van der Waals surface area contributed by atoms with E-state index in [4.69, 9.17) is 16.7 Å². The molecule has 108 valence electrons. The zero-order valence-corrected chi connectivity index (χ0v) is 11.8. The first-order valence-electron chi connectivity index (χ1n) is 6.28. The van der Waals surface area contributed by atoms with E-state index in [1.807, 2.05) is 0 Å². The molecule has 5 nitrogen and oxygen atoms in total. The lowest BCUT2D eigenvalue weighted by molar-refractivity contribution is -0.136. The first-order valence-corrected chi connectivity index (χ1v) is 6.66. The molecule has 6 heteroatoms. The molecule has 1 amide bonds. The highest BCUT2D eigenvalue weighted by atomic mass is 35.5. The Morgan fingerprint density at radius 1 is 1.14 bits per heavy atom. The van der Waals surface area contributed by atoms with Crippen LogP contribution >= 0.6 is 11.6 Å². The molecule has 0 aliphatic rings. The summed E-state index contributed by atoms with van der Waals surface area (Å²) < 4.78 is 0. The normalized spacial score (nSPS) is 10.1. The van der Waals surface area contributed by atoms with Crippen molar-refractivity contribution >= 4 is 29.2 Å². The number of carbonyl (C=O) groups excluding carboxylic acids is 1. The van der Waals surface area contributed by atoms with Crippen LogP contribution in [0.5, 0.6) is 0 Å². The fraction of sp³-hybridized carbons (Fsp3) is 0.133. The van der Waals surface area contributed by atoms with Gasteiger partial charge in [-0.15, -0.1) is 0 Å². The number of pyridine rings is 1. The molecule has 1 heterocycles. The Morgan fingerprint density at radius 3 is 2.43 bits per heavy atom. The second kappa shape index (κ2) is 6.85. The molecule has 0 fully saturated rings. The van der Waals surface area contributed by atoms with Crippen LogP contribution in [0.4, 0.5) is 5.69 Å². The number of aliphatic carboxylic acids is 1. The Bertz CT molecular complexity index is 639. The van der Waals surface area contributed by atoms with Gasteiger partial charge < -0.3 is 10.4 Å². The van der Waals surface area contributed by atoms with Gasteiger partial charge in [0.2, 0.25) is 0 Å². The Labute approximate surface area is 126 Å². The summed E-state index contributed by atoms with van der Waals surface area (Å²) in [7, 11) is 0. The van der Waals surface area contributed by atoms with Crippen molar-refractivity contribution in [1.29, 1.82) is 0 Å². The van der Waals surface area contributed by atoms with Crippen molar-refractivity contribution in [3.05, 3.63) is 58.9 Å². The fourth-order valence-electron chi connectivity index (χ4n) is 1.71. The standard InChI is InChI=1S/C15H13ClN2O3/c16-11-4-7-13(17-9-11)15(21)18-12-5-1-10(2-6-12)3-8-14(19)20/h1-2,4-7,9H,3,8H2,(H,18,21)(H,19,20). The first kappa shape index (κ1) is 15.0. The summed E-state index contributed by atoms with van der Waals surface area (Å²) in [6.07, 6.45) is 1.95. The van der Waals surface area contributed by atoms with Crippen LogP contribution in [0.1, 0.15) is 22.5 Å². The molecule has 2 aromatic rings. The van der Waals surface area contributed by atoms with Crippen LogP contribution in [0, 0.1) is 0 Å². The molecule has 1 aromatic heterocycles. The maximum absolute atomic E-state index is 11.9. The van der Waals surface area contributed by atoms with Crippen molar-refractivity contribution in [3.8, 4) is 0 Å². The summed E-state index contributed by atoms with van der Waals surface area (Å²) >= 11 is 5.71. The lowest BCUT2D eigenvalue weighted by atomic mass is 10.1. The lowest BCUT2D eigenvalue weighted by Gasteiger charge is -2.06. The average Bonchev–Trinajstić information content (AvgIpc) is 2.47. The first-order chi connectivity index (χ1) is 10.0. The van der Waals surface area contributed by atoms with E-state index in [1.54, 1.807) is 36.4 Å². The van der Waals surface area contributed by atoms with Crippen LogP contribution in [-0.4, -0.2) is 22.0 Å². The van der Waals surface area contributed by atoms with Gasteiger partial charge in [-0.05, 0) is 36.2 Å². The minimum atomic E-state index is -0.832. The number of aryl methyl sites for hydroxylation is 1. The predicted octanol–water partition coefficient (Wildman–Crippen LogP) is 3.00. The number of rotatable bonds is 5. The molecule has 1 aromatic carbocycles. The number of benzene rings is 1. The number of nitrogens with one attached hydrogen (secondary N) is 1. The zero-order valence-electron chi connectivity index (χ0n) is 11.0. The summed E-state index contributed by atoms with van der Waals surface area (Å²) in [5.41, 5.74) is 1.80. The molecular weight excluding hydrogens is 292 g/mol. The van der Waals surface area contributed by atoms with Crippen LogP contribution in [0.2, 0.25) is 5.02 Å². The molecule has 0 aliphatic heterocycles. The smallest absolute Gasteiger partial charge is 0.303 e. The number of hydrogen-bond acceptors (Lipinski definition) is 3. The van der Waals surface area contributed by atoms with E-state index in [0.717, 1.165) is 5.56 Å². The number of aromatic nitrogens is 1. The molecule has 2 N–H and O–H groups in total. The quantitative estimate of drug-likeness (QED) is 0.890. The van der Waals surface area contributed by atoms with E-state index in [9.17, 15) is 9.59 Å². The van der Waals surface area contributed by atoms with Gasteiger partial charge >= 0.3 is 5.97 Å². The monoisotopic (exact) mass is 304 g/mol. The molecule has 0 unspecified atom stereocenters. The van der Waals surface area contributed by atoms with E-state index in [2.05, 4.69) is 10.3 Å². The predicted molar refractivity (Wildman–Crippen MR) is 79.6 cm³/mol. The molecule has 0 saturated carbocycles. The van der Waals surface area contributed by atoms with Gasteiger partial charge in [-0.1, -0.05) is 23.7 Å². The Balaban J connectivity index is 1.98. The van der Waals surface area contributed by atoms with Crippen molar-refractivity contribution in [3.63, 3.8) is 0 Å². The SMILES string of the molecule is O=C(O)CCc1ccc(NC(=O)c2ccc(Cl)cn2)cc1. The van der Waals surface area contributed by atoms with Gasteiger partial charge in [0.05, 0.1) is 5.02 Å². The second-order valence-electron chi connectivity index (χ2n) is 4.41. The van der Waals surface area contributed by atoms with Crippen molar-refractivity contribution in [2.75, 3.05) is 5.32 Å². The van der Waals surface area contributed by atoms with Gasteiger partial charge in [0.1, 0.15) is 5.69 Å². The number of amides is 1. The summed E-state index contributed by atoms with van der Waals surface area (Å²) in [4.78, 5) is 26.4. The van der Waals surface area contributed by atoms with Gasteiger partial charge in [0.25, 0.3) is 5.91 Å². The minimum Gasteiger partial charge on any atom is -0.481 e. The van der Waals surface area contributed by atoms with E-state index in [-0.39, 0.29) is 18.0 Å². The van der Waals surface area contributed by atoms with Gasteiger partial charge in [0, 0.05) is 18.3 Å². The molecule has 0 bridgehead atoms. The van der Waals surface area contributed by atoms with Crippen molar-refractivity contribution in [2.45, 2.75) is 12.8 Å². The highest BCUT2D eigenvalue weighted by Crippen LogP contribution is 2.13. The average molecular weight is 305 g/mol. The van der Waals surface area contributed by atoms with Crippen molar-refractivity contribution < 1.29 is 14.7 Å². The summed E-state index contributed by atoms with van der Waals surface area (Å²) in [6, 6.07) is 10.2. The van der Waals surface area contributed by atoms with Crippen LogP contribution in [0.25, 0.3) is 0 Å². The lowest BCUT2D eigenvalue weighted by Crippen LogP contribution is -2.13. The Hall–Kier alpha value is -2.40. The number of carboxylic acid groups (broad SMARTS) is 1. The van der Waals surface area contributed by atoms with Gasteiger partial charge in [-0.3, -0.25) is 9.59 Å². The highest BCUT2D eigenvalue weighted by molar-refractivity contribution is 6.30. The number of carboxylic acids is 1. The van der Waals surface area contributed by atoms with Crippen LogP contribution < -0.4 is 5.32 Å². The second-order valence-corrected chi connectivity index (χ2v) is 4.84. The van der Waals surface area contributed by atoms with Crippen molar-refractivity contribution in [2.24, 2.45) is 0 Å². The van der Waals surface area contributed by atoms with E-state index >= 15 is 0 Å². The number of carbonyl (C=O) groups is 2. The summed E-state index contributed by atoms with van der Waals surface area (Å²) in [5, 5.41) is 11.8. The maximum Gasteiger partial charge on any atom is 0.303 e. The molecular formula is C15H13ClN2O3. The minimum absolute atomic E-state index is 0.0837. The third-order valence-corrected chi connectivity index (χ3v) is 3.02. The molecule has 0 aliphatic carbocycles. The maximum atomic E-state index is 11.9. The van der Waals surface area contributed by atoms with Gasteiger partial charge in [-0.25, -0.2) is 4.98 Å². The van der Waals surface area contributed by atoms with Crippen LogP contribution in [0.3, 0.4) is 0 Å². The number of hydrogen-bond donors (Lipinski definition) is 2. The molecule has 0 spiro atoms. The largest absolute Gasteiger partial charge is 0.481 e. The topological polar surface area (TPSA) is 79.3 Å².